The molecule has 0 unspecified atom stereocenters. The summed E-state index contributed by atoms with van der Waals surface area (Å²) >= 11 is 0. The molecular formula is C16H17FN2O. The van der Waals surface area contributed by atoms with Crippen molar-refractivity contribution in [3.63, 3.8) is 0 Å². The Balaban J connectivity index is 1.85. The smallest absolute Gasteiger partial charge is 0.216 e. The highest BCUT2D eigenvalue weighted by molar-refractivity contribution is 5.24. The maximum atomic E-state index is 13.2. The fraction of sp³-hybridized carbons (Fsp3) is 0.312. The zero-order valence-electron chi connectivity index (χ0n) is 11.1. The lowest BCUT2D eigenvalue weighted by molar-refractivity contribution is 0.143. The molecule has 0 amide bonds. The van der Waals surface area contributed by atoms with Gasteiger partial charge in [0.15, 0.2) is 0 Å². The molecule has 1 aromatic heterocycles. The zero-order chi connectivity index (χ0) is 13.8. The molecule has 0 aliphatic carbocycles. The summed E-state index contributed by atoms with van der Waals surface area (Å²) in [6.07, 6.45) is 2.43. The maximum absolute atomic E-state index is 13.2. The highest BCUT2D eigenvalue weighted by atomic mass is 19.1. The van der Waals surface area contributed by atoms with E-state index in [1.807, 2.05) is 18.2 Å². The summed E-state index contributed by atoms with van der Waals surface area (Å²) < 4.78 is 19.2. The lowest BCUT2D eigenvalue weighted by Crippen LogP contribution is -2.21. The summed E-state index contributed by atoms with van der Waals surface area (Å²) in [7, 11) is 0. The summed E-state index contributed by atoms with van der Waals surface area (Å²) in [4.78, 5) is 3.56. The Morgan fingerprint density at radius 2 is 2.10 bits per heavy atom. The van der Waals surface area contributed by atoms with Crippen LogP contribution in [0.2, 0.25) is 0 Å². The minimum Gasteiger partial charge on any atom is -0.485 e. The molecular weight excluding hydrogens is 255 g/mol. The van der Waals surface area contributed by atoms with E-state index in [9.17, 15) is 4.39 Å². The standard InChI is InChI=1S/C16H17FN2O/c17-15-10-14(7-9-19-15)20-16(13-6-8-18-11-13)12-4-2-1-3-5-12/h1-5,7,9-10,13,16,18H,6,8,11H2/t13-,16-/m1/s1. The first-order chi connectivity index (χ1) is 9.83. The van der Waals surface area contributed by atoms with Crippen molar-refractivity contribution in [1.29, 1.82) is 0 Å². The van der Waals surface area contributed by atoms with Crippen LogP contribution in [0.3, 0.4) is 0 Å². The minimum absolute atomic E-state index is 0.0620. The maximum Gasteiger partial charge on any atom is 0.216 e. The molecule has 0 bridgehead atoms. The van der Waals surface area contributed by atoms with E-state index in [1.54, 1.807) is 6.07 Å². The number of hydrogen-bond donors (Lipinski definition) is 1. The second-order valence-electron chi connectivity index (χ2n) is 5.02. The number of pyridine rings is 1. The SMILES string of the molecule is Fc1cc(O[C@H](c2ccccc2)[C@@H]2CCNC2)ccn1. The van der Waals surface area contributed by atoms with Gasteiger partial charge >= 0.3 is 0 Å². The predicted molar refractivity (Wildman–Crippen MR) is 75.0 cm³/mol. The molecule has 1 saturated heterocycles. The molecule has 20 heavy (non-hydrogen) atoms. The van der Waals surface area contributed by atoms with Gasteiger partial charge in [-0.05, 0) is 24.6 Å². The van der Waals surface area contributed by atoms with E-state index >= 15 is 0 Å². The van der Waals surface area contributed by atoms with Gasteiger partial charge in [0, 0.05) is 24.7 Å². The Morgan fingerprint density at radius 1 is 1.25 bits per heavy atom. The Labute approximate surface area is 117 Å². The van der Waals surface area contributed by atoms with Crippen molar-refractivity contribution in [3.05, 3.63) is 60.2 Å². The van der Waals surface area contributed by atoms with Crippen LogP contribution in [-0.4, -0.2) is 18.1 Å². The number of nitrogens with one attached hydrogen (secondary N) is 1. The van der Waals surface area contributed by atoms with E-state index in [4.69, 9.17) is 4.74 Å². The lowest BCUT2D eigenvalue weighted by atomic mass is 9.95. The number of halogens is 1. The molecule has 1 N–H and O–H groups in total. The molecule has 1 fully saturated rings. The van der Waals surface area contributed by atoms with Gasteiger partial charge in [-0.2, -0.15) is 4.39 Å². The van der Waals surface area contributed by atoms with Crippen LogP contribution in [0.25, 0.3) is 0 Å². The van der Waals surface area contributed by atoms with Crippen LogP contribution >= 0.6 is 0 Å². The normalized spacial score (nSPS) is 19.8. The van der Waals surface area contributed by atoms with Crippen molar-refractivity contribution in [2.75, 3.05) is 13.1 Å². The lowest BCUT2D eigenvalue weighted by Gasteiger charge is -2.24. The summed E-state index contributed by atoms with van der Waals surface area (Å²) in [6.45, 7) is 1.93. The quantitative estimate of drug-likeness (QED) is 0.869. The predicted octanol–water partition coefficient (Wildman–Crippen LogP) is 2.95. The summed E-state index contributed by atoms with van der Waals surface area (Å²) in [5.41, 5.74) is 1.12. The number of benzene rings is 1. The largest absolute Gasteiger partial charge is 0.485 e. The van der Waals surface area contributed by atoms with E-state index in [2.05, 4.69) is 22.4 Å². The van der Waals surface area contributed by atoms with E-state index < -0.39 is 5.95 Å². The van der Waals surface area contributed by atoms with Crippen LogP contribution < -0.4 is 10.1 Å². The number of rotatable bonds is 4. The molecule has 2 heterocycles. The van der Waals surface area contributed by atoms with Crippen LogP contribution in [0.4, 0.5) is 4.39 Å². The molecule has 2 atom stereocenters. The third-order valence-electron chi connectivity index (χ3n) is 3.62. The van der Waals surface area contributed by atoms with Gasteiger partial charge in [-0.3, -0.25) is 0 Å². The first-order valence-electron chi connectivity index (χ1n) is 6.87. The second-order valence-corrected chi connectivity index (χ2v) is 5.02. The molecule has 3 rings (SSSR count). The van der Waals surface area contributed by atoms with Gasteiger partial charge in [0.25, 0.3) is 0 Å². The second kappa shape index (κ2) is 6.01. The van der Waals surface area contributed by atoms with Crippen LogP contribution in [0, 0.1) is 11.9 Å². The Kier molecular flexibility index (Phi) is 3.92. The van der Waals surface area contributed by atoms with Crippen molar-refractivity contribution >= 4 is 0 Å². The molecule has 4 heteroatoms. The van der Waals surface area contributed by atoms with Gasteiger partial charge in [0.2, 0.25) is 5.95 Å². The molecule has 3 nitrogen and oxygen atoms in total. The first-order valence-corrected chi connectivity index (χ1v) is 6.87. The highest BCUT2D eigenvalue weighted by Crippen LogP contribution is 2.31. The Morgan fingerprint density at radius 3 is 2.80 bits per heavy atom. The zero-order valence-corrected chi connectivity index (χ0v) is 11.1. The number of aromatic nitrogens is 1. The summed E-state index contributed by atoms with van der Waals surface area (Å²) in [5.74, 6) is 0.408. The minimum atomic E-state index is -0.515. The summed E-state index contributed by atoms with van der Waals surface area (Å²) in [6, 6.07) is 13.1. The fourth-order valence-electron chi connectivity index (χ4n) is 2.62. The van der Waals surface area contributed by atoms with Gasteiger partial charge in [-0.1, -0.05) is 30.3 Å². The highest BCUT2D eigenvalue weighted by Gasteiger charge is 2.28. The van der Waals surface area contributed by atoms with Crippen molar-refractivity contribution in [2.45, 2.75) is 12.5 Å². The number of nitrogens with zero attached hydrogens (tertiary/aromatic N) is 1. The van der Waals surface area contributed by atoms with Crippen LogP contribution in [-0.2, 0) is 0 Å². The van der Waals surface area contributed by atoms with Gasteiger partial charge in [-0.25, -0.2) is 4.98 Å². The molecule has 0 radical (unpaired) electrons. The molecule has 104 valence electrons. The van der Waals surface area contributed by atoms with Crippen molar-refractivity contribution in [3.8, 4) is 5.75 Å². The van der Waals surface area contributed by atoms with Crippen molar-refractivity contribution in [2.24, 2.45) is 5.92 Å². The molecule has 1 aliphatic heterocycles. The number of ether oxygens (including phenoxy) is 1. The van der Waals surface area contributed by atoms with Gasteiger partial charge in [0.05, 0.1) is 0 Å². The summed E-state index contributed by atoms with van der Waals surface area (Å²) in [5, 5.41) is 3.35. The first kappa shape index (κ1) is 13.1. The number of hydrogen-bond acceptors (Lipinski definition) is 3. The molecule has 0 saturated carbocycles. The van der Waals surface area contributed by atoms with E-state index in [0.29, 0.717) is 11.7 Å². The third-order valence-corrected chi connectivity index (χ3v) is 3.62. The molecule has 1 aromatic carbocycles. The topological polar surface area (TPSA) is 34.1 Å². The molecule has 2 aromatic rings. The molecule has 1 aliphatic rings. The van der Waals surface area contributed by atoms with Gasteiger partial charge in [0.1, 0.15) is 11.9 Å². The van der Waals surface area contributed by atoms with E-state index in [0.717, 1.165) is 25.1 Å². The van der Waals surface area contributed by atoms with Crippen LogP contribution in [0.1, 0.15) is 18.1 Å². The van der Waals surface area contributed by atoms with Crippen molar-refractivity contribution in [1.82, 2.24) is 10.3 Å². The van der Waals surface area contributed by atoms with Crippen molar-refractivity contribution < 1.29 is 9.13 Å². The Bertz CT molecular complexity index is 555. The monoisotopic (exact) mass is 272 g/mol. The average Bonchev–Trinajstić information content (AvgIpc) is 3.00. The fourth-order valence-corrected chi connectivity index (χ4v) is 2.62. The van der Waals surface area contributed by atoms with Crippen LogP contribution in [0.5, 0.6) is 5.75 Å². The molecule has 0 spiro atoms. The third kappa shape index (κ3) is 2.96. The van der Waals surface area contributed by atoms with Gasteiger partial charge in [-0.15, -0.1) is 0 Å². The van der Waals surface area contributed by atoms with Gasteiger partial charge < -0.3 is 10.1 Å². The average molecular weight is 272 g/mol. The Hall–Kier alpha value is -1.94. The van der Waals surface area contributed by atoms with E-state index in [-0.39, 0.29) is 6.10 Å². The van der Waals surface area contributed by atoms with E-state index in [1.165, 1.54) is 12.3 Å². The van der Waals surface area contributed by atoms with Crippen LogP contribution in [0.15, 0.2) is 48.7 Å².